The molecular formula is C15H19N3. The van der Waals surface area contributed by atoms with Gasteiger partial charge in [-0.25, -0.2) is 0 Å². The molecular weight excluding hydrogens is 222 g/mol. The molecule has 3 heteroatoms. The molecule has 0 saturated carbocycles. The van der Waals surface area contributed by atoms with Crippen LogP contribution in [0.25, 0.3) is 0 Å². The summed E-state index contributed by atoms with van der Waals surface area (Å²) in [6, 6.07) is 10.4. The summed E-state index contributed by atoms with van der Waals surface area (Å²) >= 11 is 0. The van der Waals surface area contributed by atoms with E-state index in [9.17, 15) is 0 Å². The maximum Gasteiger partial charge on any atom is 0.0775 e. The molecule has 1 aromatic carbocycles. The number of nitrogens with zero attached hydrogens (tertiary/aromatic N) is 2. The molecule has 18 heavy (non-hydrogen) atoms. The Hall–Kier alpha value is -1.87. The molecule has 0 saturated heterocycles. The summed E-state index contributed by atoms with van der Waals surface area (Å²) in [6.07, 6.45) is 1.78. The van der Waals surface area contributed by atoms with Crippen molar-refractivity contribution in [1.82, 2.24) is 4.98 Å². The maximum absolute atomic E-state index is 5.74. The number of hydrogen-bond donors (Lipinski definition) is 1. The van der Waals surface area contributed by atoms with Gasteiger partial charge in [-0.15, -0.1) is 0 Å². The highest BCUT2D eigenvalue weighted by Gasteiger charge is 2.10. The van der Waals surface area contributed by atoms with Crippen molar-refractivity contribution in [2.75, 3.05) is 11.9 Å². The van der Waals surface area contributed by atoms with E-state index in [1.54, 1.807) is 6.20 Å². The predicted octanol–water partition coefficient (Wildman–Crippen LogP) is 2.93. The lowest BCUT2D eigenvalue weighted by atomic mass is 10.1. The molecule has 0 atom stereocenters. The lowest BCUT2D eigenvalue weighted by molar-refractivity contribution is 0.972. The van der Waals surface area contributed by atoms with Crippen LogP contribution in [-0.4, -0.2) is 12.0 Å². The summed E-state index contributed by atoms with van der Waals surface area (Å²) in [4.78, 5) is 6.47. The molecule has 0 unspecified atom stereocenters. The number of aromatic nitrogens is 1. The molecule has 0 aliphatic rings. The van der Waals surface area contributed by atoms with Crippen LogP contribution in [0.5, 0.6) is 0 Å². The number of pyridine rings is 1. The second-order valence-corrected chi connectivity index (χ2v) is 4.52. The van der Waals surface area contributed by atoms with Gasteiger partial charge in [-0.1, -0.05) is 17.7 Å². The lowest BCUT2D eigenvalue weighted by Crippen LogP contribution is -2.15. The standard InChI is InChI=1S/C15H19N3/c1-11-6-7-14(12(2)9-11)18(3)15-5-4-8-17-13(15)10-16/h4-9H,10,16H2,1-3H3. The minimum atomic E-state index is 0.450. The Morgan fingerprint density at radius 2 is 1.94 bits per heavy atom. The third-order valence-electron chi connectivity index (χ3n) is 3.13. The Labute approximate surface area is 108 Å². The Balaban J connectivity index is 2.44. The van der Waals surface area contributed by atoms with E-state index in [1.165, 1.54) is 16.8 Å². The molecule has 2 aromatic rings. The number of anilines is 2. The molecule has 0 radical (unpaired) electrons. The molecule has 0 spiro atoms. The van der Waals surface area contributed by atoms with E-state index in [1.807, 2.05) is 13.1 Å². The zero-order chi connectivity index (χ0) is 13.1. The fraction of sp³-hybridized carbons (Fsp3) is 0.267. The molecule has 1 aromatic heterocycles. The number of rotatable bonds is 3. The predicted molar refractivity (Wildman–Crippen MR) is 76.1 cm³/mol. The second kappa shape index (κ2) is 5.19. The zero-order valence-electron chi connectivity index (χ0n) is 11.1. The molecule has 3 nitrogen and oxygen atoms in total. The molecule has 0 amide bonds. The molecule has 0 aliphatic heterocycles. The summed E-state index contributed by atoms with van der Waals surface area (Å²) in [5.41, 5.74) is 11.4. The third-order valence-corrected chi connectivity index (χ3v) is 3.13. The molecule has 0 bridgehead atoms. The van der Waals surface area contributed by atoms with Crippen LogP contribution in [0.1, 0.15) is 16.8 Å². The van der Waals surface area contributed by atoms with Gasteiger partial charge in [0.05, 0.1) is 11.4 Å². The van der Waals surface area contributed by atoms with Crippen molar-refractivity contribution < 1.29 is 0 Å². The summed E-state index contributed by atoms with van der Waals surface area (Å²) in [5.74, 6) is 0. The SMILES string of the molecule is Cc1ccc(N(C)c2cccnc2CN)c(C)c1. The summed E-state index contributed by atoms with van der Waals surface area (Å²) in [5, 5.41) is 0. The fourth-order valence-corrected chi connectivity index (χ4v) is 2.20. The number of aryl methyl sites for hydroxylation is 2. The van der Waals surface area contributed by atoms with Crippen LogP contribution in [-0.2, 0) is 6.54 Å². The molecule has 2 rings (SSSR count). The van der Waals surface area contributed by atoms with Crippen molar-refractivity contribution in [1.29, 1.82) is 0 Å². The average molecular weight is 241 g/mol. The van der Waals surface area contributed by atoms with Gasteiger partial charge in [0.1, 0.15) is 0 Å². The Kier molecular flexibility index (Phi) is 3.63. The van der Waals surface area contributed by atoms with E-state index in [2.05, 4.69) is 48.0 Å². The zero-order valence-corrected chi connectivity index (χ0v) is 11.1. The Bertz CT molecular complexity index is 549. The maximum atomic E-state index is 5.74. The number of benzene rings is 1. The smallest absolute Gasteiger partial charge is 0.0775 e. The largest absolute Gasteiger partial charge is 0.343 e. The van der Waals surface area contributed by atoms with Crippen LogP contribution in [0, 0.1) is 13.8 Å². The quantitative estimate of drug-likeness (QED) is 0.898. The van der Waals surface area contributed by atoms with Crippen molar-refractivity contribution in [3.8, 4) is 0 Å². The van der Waals surface area contributed by atoms with E-state index >= 15 is 0 Å². The Morgan fingerprint density at radius 3 is 2.61 bits per heavy atom. The molecule has 1 heterocycles. The van der Waals surface area contributed by atoms with Crippen molar-refractivity contribution in [2.45, 2.75) is 20.4 Å². The second-order valence-electron chi connectivity index (χ2n) is 4.52. The van der Waals surface area contributed by atoms with Crippen molar-refractivity contribution in [2.24, 2.45) is 5.73 Å². The van der Waals surface area contributed by atoms with E-state index < -0.39 is 0 Å². The first kappa shape index (κ1) is 12.6. The summed E-state index contributed by atoms with van der Waals surface area (Å²) < 4.78 is 0. The van der Waals surface area contributed by atoms with Crippen LogP contribution in [0.4, 0.5) is 11.4 Å². The first-order valence-electron chi connectivity index (χ1n) is 6.08. The van der Waals surface area contributed by atoms with Gasteiger partial charge < -0.3 is 10.6 Å². The Morgan fingerprint density at radius 1 is 1.17 bits per heavy atom. The monoisotopic (exact) mass is 241 g/mol. The van der Waals surface area contributed by atoms with Gasteiger partial charge in [0, 0.05) is 25.5 Å². The van der Waals surface area contributed by atoms with Gasteiger partial charge in [-0.3, -0.25) is 4.98 Å². The van der Waals surface area contributed by atoms with E-state index in [4.69, 9.17) is 5.73 Å². The van der Waals surface area contributed by atoms with Gasteiger partial charge in [0.15, 0.2) is 0 Å². The average Bonchev–Trinajstić information content (AvgIpc) is 2.38. The van der Waals surface area contributed by atoms with Gasteiger partial charge in [-0.2, -0.15) is 0 Å². The minimum absolute atomic E-state index is 0.450. The first-order chi connectivity index (χ1) is 8.63. The van der Waals surface area contributed by atoms with Crippen LogP contribution in [0.3, 0.4) is 0 Å². The van der Waals surface area contributed by atoms with Gasteiger partial charge >= 0.3 is 0 Å². The fourth-order valence-electron chi connectivity index (χ4n) is 2.20. The highest BCUT2D eigenvalue weighted by Crippen LogP contribution is 2.28. The highest BCUT2D eigenvalue weighted by atomic mass is 15.1. The number of nitrogens with two attached hydrogens (primary N) is 1. The van der Waals surface area contributed by atoms with Crippen LogP contribution < -0.4 is 10.6 Å². The molecule has 2 N–H and O–H groups in total. The third kappa shape index (κ3) is 2.36. The van der Waals surface area contributed by atoms with Crippen LogP contribution in [0.15, 0.2) is 36.5 Å². The minimum Gasteiger partial charge on any atom is -0.343 e. The van der Waals surface area contributed by atoms with Crippen molar-refractivity contribution in [3.63, 3.8) is 0 Å². The summed E-state index contributed by atoms with van der Waals surface area (Å²) in [6.45, 7) is 4.68. The highest BCUT2D eigenvalue weighted by molar-refractivity contribution is 5.67. The van der Waals surface area contributed by atoms with E-state index in [0.717, 1.165) is 11.4 Å². The lowest BCUT2D eigenvalue weighted by Gasteiger charge is -2.23. The van der Waals surface area contributed by atoms with Gasteiger partial charge in [-0.05, 0) is 37.6 Å². The molecule has 0 fully saturated rings. The molecule has 94 valence electrons. The summed E-state index contributed by atoms with van der Waals surface area (Å²) in [7, 11) is 2.05. The first-order valence-corrected chi connectivity index (χ1v) is 6.08. The number of hydrogen-bond acceptors (Lipinski definition) is 3. The molecule has 0 aliphatic carbocycles. The van der Waals surface area contributed by atoms with Crippen LogP contribution in [0.2, 0.25) is 0 Å². The van der Waals surface area contributed by atoms with Gasteiger partial charge in [0.25, 0.3) is 0 Å². The topological polar surface area (TPSA) is 42.2 Å². The van der Waals surface area contributed by atoms with E-state index in [-0.39, 0.29) is 0 Å². The van der Waals surface area contributed by atoms with Gasteiger partial charge in [0.2, 0.25) is 0 Å². The van der Waals surface area contributed by atoms with Crippen molar-refractivity contribution >= 4 is 11.4 Å². The normalized spacial score (nSPS) is 10.4. The van der Waals surface area contributed by atoms with Crippen molar-refractivity contribution in [3.05, 3.63) is 53.3 Å². The van der Waals surface area contributed by atoms with E-state index in [0.29, 0.717) is 6.54 Å². The van der Waals surface area contributed by atoms with Crippen LogP contribution >= 0.6 is 0 Å².